The quantitative estimate of drug-likeness (QED) is 0.263. The summed E-state index contributed by atoms with van der Waals surface area (Å²) in [4.78, 5) is 29.8. The number of para-hydroxylation sites is 1. The van der Waals surface area contributed by atoms with Crippen molar-refractivity contribution >= 4 is 27.5 Å². The molecular formula is C35H45N3O4S. The van der Waals surface area contributed by atoms with Gasteiger partial charge in [0.15, 0.2) is 0 Å². The molecule has 1 N–H and O–H groups in total. The largest absolute Gasteiger partial charge is 0.352 e. The van der Waals surface area contributed by atoms with E-state index in [-0.39, 0.29) is 23.4 Å². The molecule has 3 aromatic carbocycles. The van der Waals surface area contributed by atoms with E-state index in [1.165, 1.54) is 10.7 Å². The Labute approximate surface area is 257 Å². The van der Waals surface area contributed by atoms with Crippen molar-refractivity contribution in [2.75, 3.05) is 10.8 Å². The van der Waals surface area contributed by atoms with Crippen molar-refractivity contribution < 1.29 is 18.0 Å². The summed E-state index contributed by atoms with van der Waals surface area (Å²) < 4.78 is 29.6. The van der Waals surface area contributed by atoms with Gasteiger partial charge in [-0.2, -0.15) is 0 Å². The maximum Gasteiger partial charge on any atom is 0.264 e. The van der Waals surface area contributed by atoms with Gasteiger partial charge in [-0.25, -0.2) is 8.42 Å². The second-order valence-corrected chi connectivity index (χ2v) is 13.4. The van der Waals surface area contributed by atoms with E-state index in [4.69, 9.17) is 0 Å². The Bertz CT molecular complexity index is 1500. The zero-order valence-corrected chi connectivity index (χ0v) is 26.7. The molecule has 0 radical (unpaired) electrons. The highest BCUT2D eigenvalue weighted by Gasteiger charge is 2.35. The number of amides is 2. The summed E-state index contributed by atoms with van der Waals surface area (Å²) in [6, 6.07) is 21.1. The van der Waals surface area contributed by atoms with Gasteiger partial charge in [-0.05, 0) is 74.4 Å². The molecule has 1 atom stereocenters. The summed E-state index contributed by atoms with van der Waals surface area (Å²) >= 11 is 0. The molecule has 230 valence electrons. The Hall–Kier alpha value is -3.65. The predicted molar refractivity (Wildman–Crippen MR) is 172 cm³/mol. The molecule has 8 heteroatoms. The molecule has 3 aromatic rings. The number of carbonyl (C=O) groups excluding carboxylic acids is 2. The minimum Gasteiger partial charge on any atom is -0.352 e. The maximum atomic E-state index is 14.4. The van der Waals surface area contributed by atoms with Crippen LogP contribution in [0.2, 0.25) is 0 Å². The van der Waals surface area contributed by atoms with E-state index in [1.807, 2.05) is 64.1 Å². The Balaban J connectivity index is 1.74. The summed E-state index contributed by atoms with van der Waals surface area (Å²) in [5, 5.41) is 3.21. The number of nitrogens with one attached hydrogen (secondary N) is 1. The predicted octanol–water partition coefficient (Wildman–Crippen LogP) is 6.32. The summed E-state index contributed by atoms with van der Waals surface area (Å²) in [7, 11) is -4.10. The molecule has 1 saturated carbocycles. The summed E-state index contributed by atoms with van der Waals surface area (Å²) in [5.41, 5.74) is 4.15. The van der Waals surface area contributed by atoms with Gasteiger partial charge in [-0.1, -0.05) is 93.3 Å². The van der Waals surface area contributed by atoms with Crippen molar-refractivity contribution in [1.29, 1.82) is 0 Å². The van der Waals surface area contributed by atoms with Crippen molar-refractivity contribution in [2.45, 2.75) is 96.2 Å². The van der Waals surface area contributed by atoms with Crippen LogP contribution in [0.1, 0.15) is 74.6 Å². The Morgan fingerprint density at radius 2 is 1.49 bits per heavy atom. The van der Waals surface area contributed by atoms with Gasteiger partial charge in [0.05, 0.1) is 10.6 Å². The van der Waals surface area contributed by atoms with Crippen LogP contribution in [0.5, 0.6) is 0 Å². The number of hydrogen-bond acceptors (Lipinski definition) is 4. The first-order chi connectivity index (χ1) is 20.6. The Kier molecular flexibility index (Phi) is 11.0. The number of nitrogens with zero attached hydrogens (tertiary/aromatic N) is 2. The Morgan fingerprint density at radius 1 is 0.860 bits per heavy atom. The van der Waals surface area contributed by atoms with Gasteiger partial charge in [0.25, 0.3) is 10.0 Å². The molecule has 0 saturated heterocycles. The standard InChI is InChI=1S/C35H45N3O4S/c1-5-28-15-12-13-19-33(28)38(43(41,42)31-22-20-26(3)21-23-31)25-34(39)37(24-29-16-11-10-14-27(29)4)32(6-2)35(40)36-30-17-8-7-9-18-30/h10-16,19-23,30,32H,5-9,17-18,24-25H2,1-4H3,(H,36,40)/t32-/m1/s1. The molecule has 0 unspecified atom stereocenters. The number of anilines is 1. The first-order valence-corrected chi connectivity index (χ1v) is 16.9. The average molecular weight is 604 g/mol. The molecule has 0 aromatic heterocycles. The fourth-order valence-corrected chi connectivity index (χ4v) is 7.29. The first-order valence-electron chi connectivity index (χ1n) is 15.5. The average Bonchev–Trinajstić information content (AvgIpc) is 3.01. The van der Waals surface area contributed by atoms with Crippen LogP contribution in [0.4, 0.5) is 5.69 Å². The summed E-state index contributed by atoms with van der Waals surface area (Å²) in [5.74, 6) is -0.603. The molecule has 0 bridgehead atoms. The highest BCUT2D eigenvalue weighted by atomic mass is 32.2. The lowest BCUT2D eigenvalue weighted by Gasteiger charge is -2.35. The maximum absolute atomic E-state index is 14.4. The highest BCUT2D eigenvalue weighted by molar-refractivity contribution is 7.92. The van der Waals surface area contributed by atoms with Crippen LogP contribution in [-0.2, 0) is 32.6 Å². The van der Waals surface area contributed by atoms with Crippen LogP contribution in [0.3, 0.4) is 0 Å². The van der Waals surface area contributed by atoms with Gasteiger partial charge in [-0.3, -0.25) is 13.9 Å². The summed E-state index contributed by atoms with van der Waals surface area (Å²) in [6.45, 7) is 7.52. The molecule has 7 nitrogen and oxygen atoms in total. The van der Waals surface area contributed by atoms with Crippen LogP contribution in [0.15, 0.2) is 77.7 Å². The molecule has 1 fully saturated rings. The SMILES string of the molecule is CCc1ccccc1N(CC(=O)N(Cc1ccccc1C)[C@H](CC)C(=O)NC1CCCCC1)S(=O)(=O)c1ccc(C)cc1. The third-order valence-electron chi connectivity index (χ3n) is 8.47. The molecule has 0 heterocycles. The first kappa shape index (κ1) is 32.3. The van der Waals surface area contributed by atoms with E-state index in [9.17, 15) is 18.0 Å². The number of carbonyl (C=O) groups is 2. The number of rotatable bonds is 12. The van der Waals surface area contributed by atoms with Crippen LogP contribution >= 0.6 is 0 Å². The molecule has 1 aliphatic rings. The van der Waals surface area contributed by atoms with Gasteiger partial charge in [0.1, 0.15) is 12.6 Å². The van der Waals surface area contributed by atoms with E-state index in [0.717, 1.165) is 47.9 Å². The molecule has 4 rings (SSSR count). The molecular weight excluding hydrogens is 558 g/mol. The minimum atomic E-state index is -4.10. The van der Waals surface area contributed by atoms with Crippen molar-refractivity contribution in [3.8, 4) is 0 Å². The topological polar surface area (TPSA) is 86.8 Å². The van der Waals surface area contributed by atoms with Crippen LogP contribution in [0, 0.1) is 13.8 Å². The fraction of sp³-hybridized carbons (Fsp3) is 0.429. The lowest BCUT2D eigenvalue weighted by Crippen LogP contribution is -2.54. The van der Waals surface area contributed by atoms with Crippen LogP contribution in [0.25, 0.3) is 0 Å². The molecule has 0 aliphatic heterocycles. The molecule has 0 spiro atoms. The van der Waals surface area contributed by atoms with Gasteiger partial charge >= 0.3 is 0 Å². The normalized spacial score (nSPS) is 14.6. The third-order valence-corrected chi connectivity index (χ3v) is 10.2. The van der Waals surface area contributed by atoms with Crippen molar-refractivity contribution in [3.05, 3.63) is 95.1 Å². The zero-order chi connectivity index (χ0) is 31.0. The van der Waals surface area contributed by atoms with Crippen molar-refractivity contribution in [3.63, 3.8) is 0 Å². The van der Waals surface area contributed by atoms with E-state index in [2.05, 4.69) is 5.32 Å². The molecule has 2 amide bonds. The van der Waals surface area contributed by atoms with Gasteiger partial charge in [-0.15, -0.1) is 0 Å². The molecule has 43 heavy (non-hydrogen) atoms. The number of sulfonamides is 1. The van der Waals surface area contributed by atoms with Crippen LogP contribution in [-0.4, -0.2) is 43.8 Å². The Morgan fingerprint density at radius 3 is 2.12 bits per heavy atom. The lowest BCUT2D eigenvalue weighted by atomic mass is 9.95. The smallest absolute Gasteiger partial charge is 0.264 e. The van der Waals surface area contributed by atoms with Gasteiger partial charge in [0.2, 0.25) is 11.8 Å². The summed E-state index contributed by atoms with van der Waals surface area (Å²) in [6.07, 6.45) is 6.21. The minimum absolute atomic E-state index is 0.0977. The van der Waals surface area contributed by atoms with Crippen molar-refractivity contribution in [1.82, 2.24) is 10.2 Å². The van der Waals surface area contributed by atoms with E-state index in [1.54, 1.807) is 41.3 Å². The van der Waals surface area contributed by atoms with Crippen LogP contribution < -0.4 is 9.62 Å². The van der Waals surface area contributed by atoms with E-state index >= 15 is 0 Å². The molecule has 1 aliphatic carbocycles. The second kappa shape index (κ2) is 14.7. The number of aryl methyl sites for hydroxylation is 3. The zero-order valence-electron chi connectivity index (χ0n) is 25.9. The number of hydrogen-bond donors (Lipinski definition) is 1. The third kappa shape index (κ3) is 7.85. The monoisotopic (exact) mass is 603 g/mol. The highest BCUT2D eigenvalue weighted by Crippen LogP contribution is 2.29. The van der Waals surface area contributed by atoms with Crippen molar-refractivity contribution in [2.24, 2.45) is 0 Å². The fourth-order valence-electron chi connectivity index (χ4n) is 5.84. The van der Waals surface area contributed by atoms with Gasteiger partial charge < -0.3 is 10.2 Å². The second-order valence-electron chi connectivity index (χ2n) is 11.5. The number of benzene rings is 3. The van der Waals surface area contributed by atoms with Gasteiger partial charge in [0, 0.05) is 12.6 Å². The van der Waals surface area contributed by atoms with E-state index < -0.39 is 28.5 Å². The van der Waals surface area contributed by atoms with E-state index in [0.29, 0.717) is 18.5 Å². The lowest BCUT2D eigenvalue weighted by molar-refractivity contribution is -0.140.